The Kier molecular flexibility index (Phi) is 4.16. The van der Waals surface area contributed by atoms with Crippen LogP contribution in [0.5, 0.6) is 11.5 Å². The summed E-state index contributed by atoms with van der Waals surface area (Å²) in [5.41, 5.74) is 2.75. The van der Waals surface area contributed by atoms with Crippen molar-refractivity contribution in [1.29, 1.82) is 0 Å². The summed E-state index contributed by atoms with van der Waals surface area (Å²) in [6.07, 6.45) is -3.03. The third kappa shape index (κ3) is 3.19. The highest BCUT2D eigenvalue weighted by Gasteiger charge is 2.31. The van der Waals surface area contributed by atoms with E-state index in [2.05, 4.69) is 15.6 Å². The zero-order chi connectivity index (χ0) is 17.3. The molecule has 0 aliphatic heterocycles. The number of fused-ring (bicyclic) bond motifs is 1. The van der Waals surface area contributed by atoms with Crippen molar-refractivity contribution in [1.82, 2.24) is 10.2 Å². The molecule has 0 fully saturated rings. The summed E-state index contributed by atoms with van der Waals surface area (Å²) in [5.74, 6) is 5.89. The minimum atomic E-state index is -4.47. The van der Waals surface area contributed by atoms with Crippen molar-refractivity contribution in [3.63, 3.8) is 0 Å². The Bertz CT molecular complexity index is 902. The van der Waals surface area contributed by atoms with Crippen LogP contribution in [0.4, 0.5) is 18.9 Å². The zero-order valence-corrected chi connectivity index (χ0v) is 12.7. The molecule has 3 aromatic rings. The molecule has 2 aromatic carbocycles. The standard InChI is InChI=1S/C15H10ClF3N4O/c16-11-5-8(15(17,18)19)1-4-14(11)24-9-2-3-12-10(6-9)13(22-20)7-21-23-12/h1-7H,20H2,(H,22,23). The van der Waals surface area contributed by atoms with E-state index in [1.165, 1.54) is 12.3 Å². The van der Waals surface area contributed by atoms with Crippen LogP contribution in [0.3, 0.4) is 0 Å². The fourth-order valence-corrected chi connectivity index (χ4v) is 2.32. The monoisotopic (exact) mass is 354 g/mol. The summed E-state index contributed by atoms with van der Waals surface area (Å²) >= 11 is 5.88. The van der Waals surface area contributed by atoms with Crippen molar-refractivity contribution in [3.05, 3.63) is 53.2 Å². The van der Waals surface area contributed by atoms with Gasteiger partial charge < -0.3 is 10.2 Å². The van der Waals surface area contributed by atoms with Crippen molar-refractivity contribution < 1.29 is 17.9 Å². The van der Waals surface area contributed by atoms with E-state index in [1.54, 1.807) is 18.2 Å². The van der Waals surface area contributed by atoms with E-state index in [1.807, 2.05) is 0 Å². The van der Waals surface area contributed by atoms with Gasteiger partial charge in [0.1, 0.15) is 11.5 Å². The van der Waals surface area contributed by atoms with E-state index in [4.69, 9.17) is 22.2 Å². The highest BCUT2D eigenvalue weighted by molar-refractivity contribution is 6.32. The molecule has 24 heavy (non-hydrogen) atoms. The summed E-state index contributed by atoms with van der Waals surface area (Å²) in [5, 5.41) is 8.23. The SMILES string of the molecule is NNc1cnnc2ccc(Oc3ccc(C(F)(F)F)cc3Cl)cc12. The lowest BCUT2D eigenvalue weighted by Crippen LogP contribution is -2.08. The molecule has 0 saturated carbocycles. The van der Waals surface area contributed by atoms with Gasteiger partial charge in [0.25, 0.3) is 0 Å². The van der Waals surface area contributed by atoms with Crippen molar-refractivity contribution >= 4 is 28.2 Å². The van der Waals surface area contributed by atoms with Crippen LogP contribution in [0.1, 0.15) is 5.56 Å². The quantitative estimate of drug-likeness (QED) is 0.539. The molecule has 0 bridgehead atoms. The Balaban J connectivity index is 1.95. The third-order valence-electron chi connectivity index (χ3n) is 3.25. The summed E-state index contributed by atoms with van der Waals surface area (Å²) in [7, 11) is 0. The summed E-state index contributed by atoms with van der Waals surface area (Å²) in [4.78, 5) is 0. The Morgan fingerprint density at radius 1 is 1.12 bits per heavy atom. The number of benzene rings is 2. The molecule has 0 amide bonds. The van der Waals surface area contributed by atoms with Gasteiger partial charge in [0.15, 0.2) is 0 Å². The maximum absolute atomic E-state index is 12.7. The van der Waals surface area contributed by atoms with E-state index < -0.39 is 11.7 Å². The molecule has 1 aromatic heterocycles. The van der Waals surface area contributed by atoms with E-state index >= 15 is 0 Å². The molecular formula is C15H10ClF3N4O. The minimum absolute atomic E-state index is 0.105. The van der Waals surface area contributed by atoms with Crippen LogP contribution in [0.15, 0.2) is 42.6 Å². The van der Waals surface area contributed by atoms with Gasteiger partial charge in [-0.2, -0.15) is 23.4 Å². The van der Waals surface area contributed by atoms with E-state index in [0.29, 0.717) is 22.3 Å². The van der Waals surface area contributed by atoms with Crippen LogP contribution in [0.2, 0.25) is 5.02 Å². The van der Waals surface area contributed by atoms with Gasteiger partial charge in [0, 0.05) is 5.39 Å². The molecule has 0 atom stereocenters. The maximum atomic E-state index is 12.7. The maximum Gasteiger partial charge on any atom is 0.416 e. The molecular weight excluding hydrogens is 345 g/mol. The van der Waals surface area contributed by atoms with E-state index in [9.17, 15) is 13.2 Å². The average Bonchev–Trinajstić information content (AvgIpc) is 2.55. The Morgan fingerprint density at radius 2 is 1.92 bits per heavy atom. The van der Waals surface area contributed by atoms with Crippen molar-refractivity contribution in [2.45, 2.75) is 6.18 Å². The first-order chi connectivity index (χ1) is 11.4. The predicted octanol–water partition coefficient (Wildman–Crippen LogP) is 4.38. The van der Waals surface area contributed by atoms with Gasteiger partial charge in [-0.25, -0.2) is 0 Å². The molecule has 0 saturated heterocycles. The van der Waals surface area contributed by atoms with E-state index in [-0.39, 0.29) is 10.8 Å². The fraction of sp³-hybridized carbons (Fsp3) is 0.0667. The number of nitrogens with two attached hydrogens (primary N) is 1. The van der Waals surface area contributed by atoms with Crippen LogP contribution in [-0.4, -0.2) is 10.2 Å². The molecule has 3 rings (SSSR count). The molecule has 0 aliphatic rings. The fourth-order valence-electron chi connectivity index (χ4n) is 2.10. The number of rotatable bonds is 3. The normalized spacial score (nSPS) is 11.5. The molecule has 0 aliphatic carbocycles. The first-order valence-corrected chi connectivity index (χ1v) is 7.03. The molecule has 0 unspecified atom stereocenters. The van der Waals surface area contributed by atoms with Gasteiger partial charge in [-0.3, -0.25) is 5.84 Å². The van der Waals surface area contributed by atoms with Gasteiger partial charge in [-0.05, 0) is 36.4 Å². The zero-order valence-electron chi connectivity index (χ0n) is 11.9. The Hall–Kier alpha value is -2.58. The van der Waals surface area contributed by atoms with Gasteiger partial charge in [-0.1, -0.05) is 11.6 Å². The topological polar surface area (TPSA) is 73.1 Å². The molecule has 0 spiro atoms. The summed E-state index contributed by atoms with van der Waals surface area (Å²) in [6.45, 7) is 0. The molecule has 3 N–H and O–H groups in total. The largest absolute Gasteiger partial charge is 0.456 e. The number of ether oxygens (including phenoxy) is 1. The minimum Gasteiger partial charge on any atom is -0.456 e. The number of halogens is 4. The van der Waals surface area contributed by atoms with Gasteiger partial charge in [-0.15, -0.1) is 0 Å². The lowest BCUT2D eigenvalue weighted by molar-refractivity contribution is -0.137. The number of nitrogen functional groups attached to an aromatic ring is 1. The number of hydrazine groups is 1. The summed E-state index contributed by atoms with van der Waals surface area (Å²) in [6, 6.07) is 7.77. The number of alkyl halides is 3. The van der Waals surface area contributed by atoms with Gasteiger partial charge in [0.2, 0.25) is 0 Å². The molecule has 0 radical (unpaired) electrons. The summed E-state index contributed by atoms with van der Waals surface area (Å²) < 4.78 is 43.5. The third-order valence-corrected chi connectivity index (χ3v) is 3.55. The molecule has 9 heteroatoms. The van der Waals surface area contributed by atoms with Crippen molar-refractivity contribution in [3.8, 4) is 11.5 Å². The van der Waals surface area contributed by atoms with Crippen molar-refractivity contribution in [2.75, 3.05) is 5.43 Å². The molecule has 5 nitrogen and oxygen atoms in total. The lowest BCUT2D eigenvalue weighted by Gasteiger charge is -2.12. The second-order valence-corrected chi connectivity index (χ2v) is 5.23. The first-order valence-electron chi connectivity index (χ1n) is 6.65. The van der Waals surface area contributed by atoms with Crippen LogP contribution >= 0.6 is 11.6 Å². The lowest BCUT2D eigenvalue weighted by atomic mass is 10.2. The number of nitrogens with zero attached hydrogens (tertiary/aromatic N) is 2. The van der Waals surface area contributed by atoms with Crippen LogP contribution < -0.4 is 16.0 Å². The smallest absolute Gasteiger partial charge is 0.416 e. The van der Waals surface area contributed by atoms with Gasteiger partial charge >= 0.3 is 6.18 Å². The molecule has 124 valence electrons. The highest BCUT2D eigenvalue weighted by atomic mass is 35.5. The van der Waals surface area contributed by atoms with Gasteiger partial charge in [0.05, 0.1) is 28.0 Å². The first kappa shape index (κ1) is 16.3. The highest BCUT2D eigenvalue weighted by Crippen LogP contribution is 2.37. The number of anilines is 1. The number of hydrogen-bond donors (Lipinski definition) is 2. The second kappa shape index (κ2) is 6.14. The Labute approximate surface area is 139 Å². The predicted molar refractivity (Wildman–Crippen MR) is 83.9 cm³/mol. The number of hydrogen-bond acceptors (Lipinski definition) is 5. The molecule has 1 heterocycles. The average molecular weight is 355 g/mol. The van der Waals surface area contributed by atoms with Crippen molar-refractivity contribution in [2.24, 2.45) is 5.84 Å². The van der Waals surface area contributed by atoms with E-state index in [0.717, 1.165) is 12.1 Å². The Morgan fingerprint density at radius 3 is 2.58 bits per heavy atom. The van der Waals surface area contributed by atoms with Crippen LogP contribution in [0.25, 0.3) is 10.9 Å². The number of aromatic nitrogens is 2. The van der Waals surface area contributed by atoms with Crippen LogP contribution in [-0.2, 0) is 6.18 Å². The van der Waals surface area contributed by atoms with Crippen LogP contribution in [0, 0.1) is 0 Å². The number of nitrogens with one attached hydrogen (secondary N) is 1. The second-order valence-electron chi connectivity index (χ2n) is 4.83.